The van der Waals surface area contributed by atoms with E-state index in [-0.39, 0.29) is 47.1 Å². The molecule has 0 bridgehead atoms. The van der Waals surface area contributed by atoms with E-state index in [0.717, 1.165) is 68.3 Å². The highest BCUT2D eigenvalue weighted by Crippen LogP contribution is 2.41. The minimum absolute atomic E-state index is 0.000490. The number of alkyl halides is 1. The lowest BCUT2D eigenvalue weighted by Crippen LogP contribution is -2.53. The van der Waals surface area contributed by atoms with Gasteiger partial charge in [-0.1, -0.05) is 43.2 Å². The first-order valence-corrected chi connectivity index (χ1v) is 20.2. The standard InChI is InChI=1S/C43H51FN8O4/c1-26-33-23-47-41(50-38(33)52(32-9-4-5-10-32)39(55)37(26)27(2)53)48-35-12-11-30(22-46-35)28-14-19-51(20-15-28)25-43(44)17-18-45-24-34(43)29-7-6-8-31(21-29)42(3)16-13-36(54)49-40(42)56/h6-8,11-12,21-23,28,32,34,45H,4-5,9-10,13-20,24-25H2,1-3H3,(H,49,54,56)(H,46,47,48,50)/t34?,42-,43?/m0/s1. The monoisotopic (exact) mass is 762 g/mol. The molecule has 1 saturated carbocycles. The van der Waals surface area contributed by atoms with Crippen molar-refractivity contribution in [3.63, 3.8) is 0 Å². The van der Waals surface area contributed by atoms with Crippen LogP contribution in [0.2, 0.25) is 0 Å². The maximum Gasteiger partial charge on any atom is 0.263 e. The van der Waals surface area contributed by atoms with Gasteiger partial charge in [0.25, 0.3) is 5.56 Å². The summed E-state index contributed by atoms with van der Waals surface area (Å²) < 4.78 is 18.9. The SMILES string of the molecule is CC(=O)c1c(C)c2cnc(Nc3ccc(C4CCN(CC5(F)CCNCC5c5cccc([C@]6(C)CCC(=O)NC6=O)c5)CC4)cn3)nc2n(C2CCCC2)c1=O. The number of piperidine rings is 3. The molecule has 4 fully saturated rings. The molecule has 4 aliphatic rings. The first-order valence-electron chi connectivity index (χ1n) is 20.2. The van der Waals surface area contributed by atoms with Crippen LogP contribution in [-0.2, 0) is 15.0 Å². The van der Waals surface area contributed by atoms with Gasteiger partial charge in [0.2, 0.25) is 17.8 Å². The Morgan fingerprint density at radius 3 is 2.50 bits per heavy atom. The van der Waals surface area contributed by atoms with Crippen molar-refractivity contribution in [2.24, 2.45) is 0 Å². The molecule has 0 radical (unpaired) electrons. The molecule has 3 aliphatic heterocycles. The Morgan fingerprint density at radius 1 is 1.00 bits per heavy atom. The number of aryl methyl sites for hydroxylation is 1. The fourth-order valence-corrected chi connectivity index (χ4v) is 9.62. The second kappa shape index (κ2) is 15.2. The lowest BCUT2D eigenvalue weighted by Gasteiger charge is -2.43. The number of carbonyl (C=O) groups is 3. The van der Waals surface area contributed by atoms with Crippen LogP contribution in [0.3, 0.4) is 0 Å². The Kier molecular flexibility index (Phi) is 10.3. The number of imide groups is 1. The number of ketones is 1. The van der Waals surface area contributed by atoms with Crippen molar-refractivity contribution in [3.8, 4) is 0 Å². The molecule has 13 heteroatoms. The first-order chi connectivity index (χ1) is 26.9. The van der Waals surface area contributed by atoms with Gasteiger partial charge in [-0.25, -0.2) is 14.4 Å². The summed E-state index contributed by atoms with van der Waals surface area (Å²) in [5, 5.41) is 9.81. The topological polar surface area (TPSA) is 151 Å². The zero-order valence-electron chi connectivity index (χ0n) is 32.5. The van der Waals surface area contributed by atoms with Gasteiger partial charge in [-0.15, -0.1) is 0 Å². The molecule has 2 amide bonds. The van der Waals surface area contributed by atoms with E-state index in [2.05, 4.69) is 31.9 Å². The van der Waals surface area contributed by atoms with Crippen molar-refractivity contribution in [1.29, 1.82) is 0 Å². The second-order valence-corrected chi connectivity index (χ2v) is 16.6. The molecule has 1 aliphatic carbocycles. The molecule has 8 rings (SSSR count). The molecule has 3 aromatic heterocycles. The number of fused-ring (bicyclic) bond motifs is 1. The van der Waals surface area contributed by atoms with E-state index in [1.165, 1.54) is 6.92 Å². The van der Waals surface area contributed by atoms with Gasteiger partial charge in [-0.2, -0.15) is 4.98 Å². The third-order valence-corrected chi connectivity index (χ3v) is 13.0. The van der Waals surface area contributed by atoms with E-state index in [4.69, 9.17) is 9.97 Å². The summed E-state index contributed by atoms with van der Waals surface area (Å²) in [5.41, 5.74) is 1.64. The van der Waals surface area contributed by atoms with Gasteiger partial charge in [-0.05, 0) is 113 Å². The molecule has 12 nitrogen and oxygen atoms in total. The maximum absolute atomic E-state index is 17.2. The molecule has 1 aromatic carbocycles. The van der Waals surface area contributed by atoms with Crippen molar-refractivity contribution in [1.82, 2.24) is 35.1 Å². The normalized spacial score (nSPS) is 25.4. The predicted octanol–water partition coefficient (Wildman–Crippen LogP) is 5.92. The van der Waals surface area contributed by atoms with Crippen LogP contribution in [0, 0.1) is 6.92 Å². The van der Waals surface area contributed by atoms with Crippen LogP contribution in [0.5, 0.6) is 0 Å². The molecule has 0 spiro atoms. The Morgan fingerprint density at radius 2 is 1.79 bits per heavy atom. The van der Waals surface area contributed by atoms with E-state index in [9.17, 15) is 19.2 Å². The second-order valence-electron chi connectivity index (χ2n) is 16.6. The molecular formula is C43H51FN8O4. The summed E-state index contributed by atoms with van der Waals surface area (Å²) in [7, 11) is 0. The van der Waals surface area contributed by atoms with Crippen molar-refractivity contribution in [2.45, 2.75) is 108 Å². The van der Waals surface area contributed by atoms with E-state index in [0.29, 0.717) is 66.8 Å². The number of amides is 2. The number of nitrogens with one attached hydrogen (secondary N) is 3. The van der Waals surface area contributed by atoms with Crippen LogP contribution in [-0.4, -0.2) is 80.4 Å². The van der Waals surface area contributed by atoms with Crippen LogP contribution in [0.1, 0.15) is 122 Å². The summed E-state index contributed by atoms with van der Waals surface area (Å²) in [4.78, 5) is 67.1. The number of likely N-dealkylation sites (tertiary alicyclic amines) is 1. The van der Waals surface area contributed by atoms with Crippen LogP contribution < -0.4 is 21.5 Å². The van der Waals surface area contributed by atoms with Crippen molar-refractivity contribution in [3.05, 3.63) is 87.0 Å². The largest absolute Gasteiger partial charge is 0.316 e. The summed E-state index contributed by atoms with van der Waals surface area (Å²) in [6, 6.07) is 11.8. The van der Waals surface area contributed by atoms with E-state index >= 15 is 4.39 Å². The summed E-state index contributed by atoms with van der Waals surface area (Å²) in [5.74, 6) is 0.0635. The number of pyridine rings is 2. The molecule has 3 N–H and O–H groups in total. The number of anilines is 2. The predicted molar refractivity (Wildman–Crippen MR) is 212 cm³/mol. The average Bonchev–Trinajstić information content (AvgIpc) is 3.72. The van der Waals surface area contributed by atoms with Gasteiger partial charge in [-0.3, -0.25) is 29.1 Å². The number of nitrogens with zero attached hydrogens (tertiary/aromatic N) is 5. The molecule has 4 aromatic rings. The average molecular weight is 763 g/mol. The smallest absolute Gasteiger partial charge is 0.263 e. The summed E-state index contributed by atoms with van der Waals surface area (Å²) in [6.45, 7) is 8.12. The number of halogens is 1. The Bertz CT molecular complexity index is 2230. The molecule has 6 heterocycles. The van der Waals surface area contributed by atoms with Crippen molar-refractivity contribution in [2.75, 3.05) is 38.0 Å². The fraction of sp³-hybridized carbons (Fsp3) is 0.512. The molecule has 2 unspecified atom stereocenters. The number of aromatic nitrogens is 4. The number of hydrogen-bond donors (Lipinski definition) is 3. The minimum atomic E-state index is -1.43. The van der Waals surface area contributed by atoms with E-state index in [1.54, 1.807) is 17.7 Å². The first kappa shape index (κ1) is 38.0. The molecule has 3 atom stereocenters. The third kappa shape index (κ3) is 7.15. The van der Waals surface area contributed by atoms with Crippen molar-refractivity contribution >= 4 is 40.4 Å². The minimum Gasteiger partial charge on any atom is -0.316 e. The quantitative estimate of drug-likeness (QED) is 0.139. The number of Topliss-reactive ketones (excluding diaryl/α,β-unsaturated/α-hetero) is 1. The lowest BCUT2D eigenvalue weighted by molar-refractivity contribution is -0.137. The number of carbonyl (C=O) groups excluding carboxylic acids is 3. The summed E-state index contributed by atoms with van der Waals surface area (Å²) >= 11 is 0. The van der Waals surface area contributed by atoms with Gasteiger partial charge in [0.1, 0.15) is 17.1 Å². The number of hydrogen-bond acceptors (Lipinski definition) is 10. The highest BCUT2D eigenvalue weighted by atomic mass is 19.1. The Labute approximate surface area is 326 Å². The molecular weight excluding hydrogens is 712 g/mol. The summed E-state index contributed by atoms with van der Waals surface area (Å²) in [6.07, 6.45) is 10.3. The zero-order chi connectivity index (χ0) is 39.2. The third-order valence-electron chi connectivity index (χ3n) is 13.0. The van der Waals surface area contributed by atoms with E-state index < -0.39 is 11.1 Å². The van der Waals surface area contributed by atoms with Crippen molar-refractivity contribution < 1.29 is 18.8 Å². The molecule has 294 valence electrons. The van der Waals surface area contributed by atoms with E-state index in [1.807, 2.05) is 43.5 Å². The Balaban J connectivity index is 0.924. The van der Waals surface area contributed by atoms with Gasteiger partial charge >= 0.3 is 0 Å². The molecule has 3 saturated heterocycles. The maximum atomic E-state index is 17.2. The van der Waals surface area contributed by atoms with Gasteiger partial charge in [0.15, 0.2) is 5.78 Å². The zero-order valence-corrected chi connectivity index (χ0v) is 32.5. The van der Waals surface area contributed by atoms with Crippen LogP contribution >= 0.6 is 0 Å². The van der Waals surface area contributed by atoms with Crippen LogP contribution in [0.25, 0.3) is 11.0 Å². The number of benzene rings is 1. The van der Waals surface area contributed by atoms with Gasteiger partial charge in [0, 0.05) is 49.2 Å². The van der Waals surface area contributed by atoms with Crippen LogP contribution in [0.15, 0.2) is 53.6 Å². The fourth-order valence-electron chi connectivity index (χ4n) is 9.62. The Hall–Kier alpha value is -4.88. The van der Waals surface area contributed by atoms with Crippen LogP contribution in [0.4, 0.5) is 16.2 Å². The highest BCUT2D eigenvalue weighted by Gasteiger charge is 2.45. The van der Waals surface area contributed by atoms with Gasteiger partial charge < -0.3 is 15.5 Å². The van der Waals surface area contributed by atoms with Gasteiger partial charge in [0.05, 0.1) is 11.0 Å². The number of rotatable bonds is 9. The molecule has 56 heavy (non-hydrogen) atoms. The lowest BCUT2D eigenvalue weighted by atomic mass is 9.72. The highest BCUT2D eigenvalue weighted by molar-refractivity contribution is 6.03.